The minimum Gasteiger partial charge on any atom is -0.490 e. The van der Waals surface area contributed by atoms with Crippen LogP contribution in [0.4, 0.5) is 0 Å². The van der Waals surface area contributed by atoms with Crippen molar-refractivity contribution in [2.24, 2.45) is 0 Å². The summed E-state index contributed by atoms with van der Waals surface area (Å²) in [6.07, 6.45) is 0. The Morgan fingerprint density at radius 1 is 1.23 bits per heavy atom. The first-order chi connectivity index (χ1) is 10.6. The first-order valence-electron chi connectivity index (χ1n) is 7.19. The summed E-state index contributed by atoms with van der Waals surface area (Å²) in [4.78, 5) is 12.4. The highest BCUT2D eigenvalue weighted by Crippen LogP contribution is 2.20. The summed E-state index contributed by atoms with van der Waals surface area (Å²) < 4.78 is 16.1. The van der Waals surface area contributed by atoms with Gasteiger partial charge in [0.1, 0.15) is 23.9 Å². The molecule has 0 aliphatic heterocycles. The number of aryl methyl sites for hydroxylation is 1. The third-order valence-electron chi connectivity index (χ3n) is 3.21. The fourth-order valence-corrected chi connectivity index (χ4v) is 2.05. The lowest BCUT2D eigenvalue weighted by atomic mass is 10.1. The topological polar surface area (TPSA) is 60.7 Å². The van der Waals surface area contributed by atoms with Crippen molar-refractivity contribution in [3.05, 3.63) is 53.5 Å². The van der Waals surface area contributed by atoms with E-state index in [0.717, 1.165) is 11.5 Å². The normalized spacial score (nSPS) is 12.0. The quantitative estimate of drug-likeness (QED) is 0.798. The molecule has 2 rings (SSSR count). The minimum absolute atomic E-state index is 0.199. The van der Waals surface area contributed by atoms with Crippen molar-refractivity contribution in [2.45, 2.75) is 19.9 Å². The maximum Gasteiger partial charge on any atom is 0.255 e. The maximum atomic E-state index is 12.4. The summed E-state index contributed by atoms with van der Waals surface area (Å²) in [5.41, 5.74) is 0.494. The maximum absolute atomic E-state index is 12.4. The van der Waals surface area contributed by atoms with Crippen molar-refractivity contribution in [1.82, 2.24) is 5.32 Å². The van der Waals surface area contributed by atoms with Crippen molar-refractivity contribution in [3.63, 3.8) is 0 Å². The summed E-state index contributed by atoms with van der Waals surface area (Å²) in [5, 5.41) is 2.91. The van der Waals surface area contributed by atoms with Gasteiger partial charge in [-0.1, -0.05) is 12.1 Å². The van der Waals surface area contributed by atoms with Crippen LogP contribution >= 0.6 is 0 Å². The molecule has 1 heterocycles. The van der Waals surface area contributed by atoms with Crippen LogP contribution < -0.4 is 10.1 Å². The van der Waals surface area contributed by atoms with Crippen LogP contribution in [0.3, 0.4) is 0 Å². The van der Waals surface area contributed by atoms with E-state index in [-0.39, 0.29) is 11.9 Å². The molecule has 22 heavy (non-hydrogen) atoms. The second-order valence-electron chi connectivity index (χ2n) is 4.98. The number of carbonyl (C=O) groups is 1. The highest BCUT2D eigenvalue weighted by molar-refractivity contribution is 5.97. The van der Waals surface area contributed by atoms with Gasteiger partial charge in [-0.05, 0) is 38.1 Å². The second-order valence-corrected chi connectivity index (χ2v) is 4.98. The number of furan rings is 1. The Morgan fingerprint density at radius 2 is 2.00 bits per heavy atom. The zero-order chi connectivity index (χ0) is 15.9. The third-order valence-corrected chi connectivity index (χ3v) is 3.21. The third kappa shape index (κ3) is 4.11. The van der Waals surface area contributed by atoms with E-state index < -0.39 is 0 Å². The van der Waals surface area contributed by atoms with E-state index >= 15 is 0 Å². The molecule has 0 unspecified atom stereocenters. The van der Waals surface area contributed by atoms with Crippen molar-refractivity contribution < 1.29 is 18.7 Å². The van der Waals surface area contributed by atoms with Crippen LogP contribution in [-0.4, -0.2) is 26.2 Å². The highest BCUT2D eigenvalue weighted by atomic mass is 16.5. The smallest absolute Gasteiger partial charge is 0.255 e. The molecule has 1 aromatic heterocycles. The predicted octanol–water partition coefficient (Wildman–Crippen LogP) is 3.10. The second kappa shape index (κ2) is 7.66. The zero-order valence-electron chi connectivity index (χ0n) is 13.1. The molecule has 0 bridgehead atoms. The fraction of sp³-hybridized carbons (Fsp3) is 0.353. The van der Waals surface area contributed by atoms with E-state index in [9.17, 15) is 4.79 Å². The van der Waals surface area contributed by atoms with Crippen molar-refractivity contribution >= 4 is 5.91 Å². The van der Waals surface area contributed by atoms with Crippen LogP contribution in [-0.2, 0) is 4.74 Å². The number of hydrogen-bond acceptors (Lipinski definition) is 4. The van der Waals surface area contributed by atoms with Crippen molar-refractivity contribution in [3.8, 4) is 5.75 Å². The molecule has 0 saturated heterocycles. The first kappa shape index (κ1) is 16.1. The largest absolute Gasteiger partial charge is 0.490 e. The molecule has 1 amide bonds. The van der Waals surface area contributed by atoms with Crippen LogP contribution in [0.1, 0.15) is 34.8 Å². The van der Waals surface area contributed by atoms with E-state index in [4.69, 9.17) is 13.9 Å². The van der Waals surface area contributed by atoms with Crippen molar-refractivity contribution in [2.75, 3.05) is 20.3 Å². The Bertz CT molecular complexity index is 621. The van der Waals surface area contributed by atoms with Gasteiger partial charge in [-0.2, -0.15) is 0 Å². The monoisotopic (exact) mass is 303 g/mol. The molecule has 5 heteroatoms. The number of methoxy groups -OCH3 is 1. The van der Waals surface area contributed by atoms with Crippen molar-refractivity contribution in [1.29, 1.82) is 0 Å². The Morgan fingerprint density at radius 3 is 2.68 bits per heavy atom. The standard InChI is InChI=1S/C17H21NO4/c1-12-8-9-15(22-12)13(2)18-17(19)14-6-4-5-7-16(14)21-11-10-20-3/h4-9,13H,10-11H2,1-3H3,(H,18,19)/t13-/m1/s1. The number of benzene rings is 1. The molecular formula is C17H21NO4. The molecular weight excluding hydrogens is 282 g/mol. The molecule has 118 valence electrons. The highest BCUT2D eigenvalue weighted by Gasteiger charge is 2.17. The van der Waals surface area contributed by atoms with Gasteiger partial charge in [0.2, 0.25) is 0 Å². The number of nitrogens with one attached hydrogen (secondary N) is 1. The lowest BCUT2D eigenvalue weighted by Crippen LogP contribution is -2.27. The number of hydrogen-bond donors (Lipinski definition) is 1. The van der Waals surface area contributed by atoms with Gasteiger partial charge >= 0.3 is 0 Å². The lowest BCUT2D eigenvalue weighted by Gasteiger charge is -2.14. The summed E-state index contributed by atoms with van der Waals surface area (Å²) in [7, 11) is 1.61. The van der Waals surface area contributed by atoms with Gasteiger partial charge in [0.05, 0.1) is 18.2 Å². The summed E-state index contributed by atoms with van der Waals surface area (Å²) in [6, 6.07) is 10.7. The average Bonchev–Trinajstić information content (AvgIpc) is 2.94. The van der Waals surface area contributed by atoms with Crippen LogP contribution in [0.5, 0.6) is 5.75 Å². The SMILES string of the molecule is COCCOc1ccccc1C(=O)N[C@H](C)c1ccc(C)o1. The summed E-state index contributed by atoms with van der Waals surface area (Å²) in [5.74, 6) is 1.89. The van der Waals surface area contributed by atoms with Gasteiger partial charge in [-0.25, -0.2) is 0 Å². The number of rotatable bonds is 7. The zero-order valence-corrected chi connectivity index (χ0v) is 13.1. The molecule has 2 aromatic rings. The molecule has 1 aromatic carbocycles. The number of ether oxygens (including phenoxy) is 2. The van der Waals surface area contributed by atoms with Gasteiger partial charge in [0, 0.05) is 7.11 Å². The molecule has 0 aliphatic carbocycles. The van der Waals surface area contributed by atoms with Gasteiger partial charge in [-0.3, -0.25) is 4.79 Å². The van der Waals surface area contributed by atoms with E-state index in [1.165, 1.54) is 0 Å². The van der Waals surface area contributed by atoms with E-state index in [1.54, 1.807) is 25.3 Å². The molecule has 1 atom stereocenters. The number of carbonyl (C=O) groups excluding carboxylic acids is 1. The molecule has 5 nitrogen and oxygen atoms in total. The van der Waals surface area contributed by atoms with Crippen LogP contribution in [0.2, 0.25) is 0 Å². The molecule has 1 N–H and O–H groups in total. The van der Waals surface area contributed by atoms with Gasteiger partial charge in [0.25, 0.3) is 5.91 Å². The van der Waals surface area contributed by atoms with Crippen LogP contribution in [0.25, 0.3) is 0 Å². The lowest BCUT2D eigenvalue weighted by molar-refractivity contribution is 0.0927. The first-order valence-corrected chi connectivity index (χ1v) is 7.19. The molecule has 0 aliphatic rings. The molecule has 0 radical (unpaired) electrons. The van der Waals surface area contributed by atoms with Gasteiger partial charge in [-0.15, -0.1) is 0 Å². The number of amides is 1. The Hall–Kier alpha value is -2.27. The summed E-state index contributed by atoms with van der Waals surface area (Å²) >= 11 is 0. The van der Waals surface area contributed by atoms with Crippen LogP contribution in [0.15, 0.2) is 40.8 Å². The predicted molar refractivity (Wildman–Crippen MR) is 83.1 cm³/mol. The van der Waals surface area contributed by atoms with E-state index in [0.29, 0.717) is 24.5 Å². The average molecular weight is 303 g/mol. The molecule has 0 saturated carbocycles. The Balaban J connectivity index is 2.05. The van der Waals surface area contributed by atoms with Gasteiger partial charge in [0.15, 0.2) is 0 Å². The number of para-hydroxylation sites is 1. The Kier molecular flexibility index (Phi) is 5.61. The molecule has 0 fully saturated rings. The Labute approximate surface area is 130 Å². The van der Waals surface area contributed by atoms with Gasteiger partial charge < -0.3 is 19.2 Å². The van der Waals surface area contributed by atoms with E-state index in [1.807, 2.05) is 32.0 Å². The summed E-state index contributed by atoms with van der Waals surface area (Å²) in [6.45, 7) is 4.62. The minimum atomic E-state index is -0.215. The molecule has 0 spiro atoms. The van der Waals surface area contributed by atoms with E-state index in [2.05, 4.69) is 5.32 Å². The van der Waals surface area contributed by atoms with Crippen LogP contribution in [0, 0.1) is 6.92 Å². The fourth-order valence-electron chi connectivity index (χ4n) is 2.05.